The second-order valence-electron chi connectivity index (χ2n) is 3.07. The minimum atomic E-state index is 1.01. The molecule has 15 heavy (non-hydrogen) atoms. The van der Waals surface area contributed by atoms with Crippen LogP contribution in [0.5, 0.6) is 0 Å². The molecule has 2 nitrogen and oxygen atoms in total. The maximum absolute atomic E-state index is 7.50. The molecule has 0 fully saturated rings. The van der Waals surface area contributed by atoms with Gasteiger partial charge in [-0.1, -0.05) is 0 Å². The molecule has 0 aromatic rings. The van der Waals surface area contributed by atoms with Gasteiger partial charge in [-0.3, -0.25) is 4.79 Å². The molecule has 2 aliphatic carbocycles. The predicted octanol–water partition coefficient (Wildman–Crippen LogP) is 2.37. The van der Waals surface area contributed by atoms with Crippen molar-refractivity contribution in [2.24, 2.45) is 0 Å². The minimum absolute atomic E-state index is 1.01. The summed E-state index contributed by atoms with van der Waals surface area (Å²) in [5, 5.41) is 0. The summed E-state index contributed by atoms with van der Waals surface area (Å²) in [5.41, 5.74) is 2.60. The van der Waals surface area contributed by atoms with E-state index in [0.29, 0.717) is 0 Å². The fourth-order valence-electron chi connectivity index (χ4n) is 1.55. The number of allylic oxidation sites excluding steroid dienone is 6. The molecule has 3 heteroatoms. The van der Waals surface area contributed by atoms with Crippen molar-refractivity contribution in [1.82, 2.24) is 0 Å². The Kier molecular flexibility index (Phi) is 5.58. The van der Waals surface area contributed by atoms with Crippen LogP contribution in [0.3, 0.4) is 0 Å². The SMILES string of the molecule is [C]=O.[Nb][O][C](C1=CC=CC1)C1=CC=CC1. The van der Waals surface area contributed by atoms with Crippen molar-refractivity contribution in [3.63, 3.8) is 0 Å². The van der Waals surface area contributed by atoms with Crippen LogP contribution in [-0.4, -0.2) is 6.79 Å². The molecule has 0 bridgehead atoms. The van der Waals surface area contributed by atoms with E-state index in [2.05, 4.69) is 43.2 Å². The van der Waals surface area contributed by atoms with Crippen LogP contribution in [0.25, 0.3) is 0 Å². The van der Waals surface area contributed by atoms with Crippen molar-refractivity contribution < 1.29 is 29.5 Å². The zero-order valence-electron chi connectivity index (χ0n) is 8.14. The van der Waals surface area contributed by atoms with E-state index in [-0.39, 0.29) is 0 Å². The zero-order valence-corrected chi connectivity index (χ0v) is 10.3. The van der Waals surface area contributed by atoms with Gasteiger partial charge >= 0.3 is 91.3 Å². The number of hydrogen-bond donors (Lipinski definition) is 0. The van der Waals surface area contributed by atoms with E-state index in [0.717, 1.165) is 18.9 Å². The Morgan fingerprint density at radius 1 is 1.13 bits per heavy atom. The molecule has 3 radical (unpaired) electrons. The summed E-state index contributed by atoms with van der Waals surface area (Å²) in [6, 6.07) is 0. The third-order valence-corrected chi connectivity index (χ3v) is 2.67. The van der Waals surface area contributed by atoms with Gasteiger partial charge in [-0.05, 0) is 0 Å². The van der Waals surface area contributed by atoms with E-state index in [4.69, 9.17) is 8.04 Å². The summed E-state index contributed by atoms with van der Waals surface area (Å²) in [6.45, 7) is 4.50. The summed E-state index contributed by atoms with van der Waals surface area (Å²) >= 11 is 1.39. The van der Waals surface area contributed by atoms with Gasteiger partial charge in [0.1, 0.15) is 0 Å². The van der Waals surface area contributed by atoms with Crippen LogP contribution >= 0.6 is 0 Å². The van der Waals surface area contributed by atoms with Crippen molar-refractivity contribution in [1.29, 1.82) is 0 Å². The Morgan fingerprint density at radius 2 is 1.60 bits per heavy atom. The quantitative estimate of drug-likeness (QED) is 0.741. The molecular weight excluding hydrogens is 269 g/mol. The molecule has 0 saturated heterocycles. The zero-order chi connectivity index (χ0) is 11.1. The van der Waals surface area contributed by atoms with E-state index >= 15 is 0 Å². The number of rotatable bonds is 3. The third kappa shape index (κ3) is 3.14. The van der Waals surface area contributed by atoms with Gasteiger partial charge in [-0.15, -0.1) is 0 Å². The molecule has 0 saturated carbocycles. The number of hydrogen-bond acceptors (Lipinski definition) is 2. The summed E-state index contributed by atoms with van der Waals surface area (Å²) in [4.78, 5) is 7.50. The van der Waals surface area contributed by atoms with Crippen LogP contribution in [-0.2, 0) is 29.5 Å². The first-order valence-corrected chi connectivity index (χ1v) is 5.42. The standard InChI is InChI=1S/C11H10O.CO.Nb/c12-11(9-5-1-2-6-9)10-7-3-4-8-10;1-2;/h1-5,7H,6,8H2;;/q-1;;+1. The first kappa shape index (κ1) is 12.4. The van der Waals surface area contributed by atoms with E-state index in [9.17, 15) is 0 Å². The average molecular weight is 279 g/mol. The number of carbonyl (C=O) groups excluding carboxylic acids is 1. The molecule has 0 amide bonds. The molecular formula is C12H10NbO2. The topological polar surface area (TPSA) is 26.3 Å². The second kappa shape index (κ2) is 6.75. The molecule has 0 aromatic heterocycles. The van der Waals surface area contributed by atoms with E-state index in [1.54, 1.807) is 0 Å². The molecule has 2 rings (SSSR count). The third-order valence-electron chi connectivity index (χ3n) is 2.22. The monoisotopic (exact) mass is 279 g/mol. The molecule has 75 valence electrons. The molecule has 0 aromatic carbocycles. The van der Waals surface area contributed by atoms with Crippen LogP contribution in [0.2, 0.25) is 0 Å². The van der Waals surface area contributed by atoms with Crippen molar-refractivity contribution in [2.75, 3.05) is 0 Å². The van der Waals surface area contributed by atoms with Crippen LogP contribution < -0.4 is 0 Å². The van der Waals surface area contributed by atoms with Crippen molar-refractivity contribution >= 4 is 6.79 Å². The Bertz CT molecular complexity index is 297. The molecule has 2 aliphatic rings. The van der Waals surface area contributed by atoms with Gasteiger partial charge in [0.05, 0.1) is 0 Å². The van der Waals surface area contributed by atoms with Gasteiger partial charge < -0.3 is 0 Å². The molecule has 0 atom stereocenters. The van der Waals surface area contributed by atoms with E-state index in [1.165, 1.54) is 32.6 Å². The Labute approximate surface area is 103 Å². The van der Waals surface area contributed by atoms with E-state index in [1.807, 2.05) is 0 Å². The van der Waals surface area contributed by atoms with Crippen molar-refractivity contribution in [3.8, 4) is 0 Å². The fraction of sp³-hybridized carbons (Fsp3) is 0.167. The normalized spacial score (nSPS) is 17.4. The van der Waals surface area contributed by atoms with Gasteiger partial charge in [-0.2, -0.15) is 0 Å². The molecule has 0 unspecified atom stereocenters. The van der Waals surface area contributed by atoms with Crippen molar-refractivity contribution in [3.05, 3.63) is 53.7 Å². The van der Waals surface area contributed by atoms with Crippen molar-refractivity contribution in [2.45, 2.75) is 12.8 Å². The van der Waals surface area contributed by atoms with Gasteiger partial charge in [0.15, 0.2) is 0 Å². The molecule has 0 heterocycles. The fourth-order valence-corrected chi connectivity index (χ4v) is 2.13. The first-order valence-electron chi connectivity index (χ1n) is 4.53. The van der Waals surface area contributed by atoms with Crippen LogP contribution in [0.1, 0.15) is 12.8 Å². The summed E-state index contributed by atoms with van der Waals surface area (Å²) in [7, 11) is 0. The Balaban J connectivity index is 0.000000531. The second-order valence-corrected chi connectivity index (χ2v) is 3.52. The Hall–Kier alpha value is -0.670. The van der Waals surface area contributed by atoms with Gasteiger partial charge in [-0.25, -0.2) is 0 Å². The molecule has 0 N–H and O–H groups in total. The van der Waals surface area contributed by atoms with Gasteiger partial charge in [0.2, 0.25) is 0 Å². The van der Waals surface area contributed by atoms with Crippen LogP contribution in [0, 0.1) is 6.10 Å². The predicted molar refractivity (Wildman–Crippen MR) is 53.7 cm³/mol. The summed E-state index contributed by atoms with van der Waals surface area (Å²) in [6.07, 6.45) is 15.8. The average Bonchev–Trinajstić information content (AvgIpc) is 2.94. The van der Waals surface area contributed by atoms with Gasteiger partial charge in [0.25, 0.3) is 6.79 Å². The molecule has 0 aliphatic heterocycles. The van der Waals surface area contributed by atoms with Crippen LogP contribution in [0.15, 0.2) is 47.6 Å². The molecule has 0 spiro atoms. The van der Waals surface area contributed by atoms with Gasteiger partial charge in [0, 0.05) is 0 Å². The summed E-state index contributed by atoms with van der Waals surface area (Å²) in [5.74, 6) is 0. The van der Waals surface area contributed by atoms with E-state index < -0.39 is 0 Å². The first-order chi connectivity index (χ1) is 7.42. The summed E-state index contributed by atoms with van der Waals surface area (Å²) < 4.78 is 5.47. The maximum atomic E-state index is 7.50. The van der Waals surface area contributed by atoms with Crippen LogP contribution in [0.4, 0.5) is 0 Å². The Morgan fingerprint density at radius 3 is 1.87 bits per heavy atom.